The molecule has 1 aliphatic rings. The summed E-state index contributed by atoms with van der Waals surface area (Å²) in [6, 6.07) is 4.09. The molecule has 0 bridgehead atoms. The predicted molar refractivity (Wildman–Crippen MR) is 62.5 cm³/mol. The molecule has 0 amide bonds. The number of carbonyl (C=O) groups excluding carboxylic acids is 2. The van der Waals surface area contributed by atoms with Gasteiger partial charge < -0.3 is 0 Å². The molecular formula is C13H5ClFNO2. The fourth-order valence-corrected chi connectivity index (χ4v) is 2.17. The maximum Gasteiger partial charge on any atom is 0.199 e. The molecule has 1 aliphatic carbocycles. The van der Waals surface area contributed by atoms with Gasteiger partial charge in [0.05, 0.1) is 16.1 Å². The van der Waals surface area contributed by atoms with Crippen LogP contribution in [0, 0.1) is 5.82 Å². The third-order valence-electron chi connectivity index (χ3n) is 2.88. The Morgan fingerprint density at radius 2 is 1.78 bits per heavy atom. The van der Waals surface area contributed by atoms with Crippen LogP contribution in [0.3, 0.4) is 0 Å². The fourth-order valence-electron chi connectivity index (χ4n) is 2.02. The van der Waals surface area contributed by atoms with Gasteiger partial charge in [-0.15, -0.1) is 0 Å². The van der Waals surface area contributed by atoms with Crippen LogP contribution >= 0.6 is 11.6 Å². The number of hydrogen-bond acceptors (Lipinski definition) is 3. The molecule has 0 saturated carbocycles. The van der Waals surface area contributed by atoms with E-state index in [0.29, 0.717) is 0 Å². The van der Waals surface area contributed by atoms with Gasteiger partial charge in [0, 0.05) is 23.5 Å². The summed E-state index contributed by atoms with van der Waals surface area (Å²) in [5.41, 5.74) is 0.119. The molecule has 1 heterocycles. The average Bonchev–Trinajstić information content (AvgIpc) is 2.39. The van der Waals surface area contributed by atoms with Gasteiger partial charge >= 0.3 is 0 Å². The summed E-state index contributed by atoms with van der Waals surface area (Å²) in [6.45, 7) is 0. The van der Waals surface area contributed by atoms with Crippen LogP contribution in [-0.4, -0.2) is 16.6 Å². The average molecular weight is 262 g/mol. The Morgan fingerprint density at radius 1 is 1.00 bits per heavy atom. The molecule has 0 spiro atoms. The van der Waals surface area contributed by atoms with Crippen molar-refractivity contribution in [1.29, 1.82) is 0 Å². The Balaban J connectivity index is 2.38. The molecule has 2 aromatic rings. The zero-order valence-electron chi connectivity index (χ0n) is 8.91. The number of aromatic nitrogens is 1. The first-order valence-electron chi connectivity index (χ1n) is 5.12. The lowest BCUT2D eigenvalue weighted by atomic mass is 9.85. The van der Waals surface area contributed by atoms with Crippen molar-refractivity contribution in [3.05, 3.63) is 63.7 Å². The molecule has 0 N–H and O–H groups in total. The van der Waals surface area contributed by atoms with E-state index in [1.54, 1.807) is 0 Å². The lowest BCUT2D eigenvalue weighted by molar-refractivity contribution is 0.0975. The van der Waals surface area contributed by atoms with Crippen LogP contribution in [0.15, 0.2) is 30.6 Å². The number of carbonyl (C=O) groups is 2. The predicted octanol–water partition coefficient (Wildman–Crippen LogP) is 2.65. The zero-order chi connectivity index (χ0) is 12.9. The van der Waals surface area contributed by atoms with E-state index in [0.717, 1.165) is 0 Å². The maximum absolute atomic E-state index is 13.9. The van der Waals surface area contributed by atoms with Crippen molar-refractivity contribution in [1.82, 2.24) is 4.98 Å². The molecule has 0 unspecified atom stereocenters. The van der Waals surface area contributed by atoms with Gasteiger partial charge in [0.1, 0.15) is 0 Å². The van der Waals surface area contributed by atoms with E-state index < -0.39 is 17.4 Å². The van der Waals surface area contributed by atoms with Gasteiger partial charge in [-0.3, -0.25) is 14.6 Å². The molecule has 0 aliphatic heterocycles. The first kappa shape index (κ1) is 11.0. The van der Waals surface area contributed by atoms with Crippen LogP contribution in [0.5, 0.6) is 0 Å². The van der Waals surface area contributed by atoms with Crippen molar-refractivity contribution in [2.45, 2.75) is 0 Å². The summed E-state index contributed by atoms with van der Waals surface area (Å²) in [4.78, 5) is 28.0. The monoisotopic (exact) mass is 261 g/mol. The lowest BCUT2D eigenvalue weighted by Gasteiger charge is -2.17. The molecule has 1 aromatic carbocycles. The molecule has 0 saturated heterocycles. The Bertz CT molecular complexity index is 712. The minimum absolute atomic E-state index is 0.0422. The van der Waals surface area contributed by atoms with Crippen molar-refractivity contribution in [2.24, 2.45) is 0 Å². The fraction of sp³-hybridized carbons (Fsp3) is 0. The van der Waals surface area contributed by atoms with Gasteiger partial charge in [-0.2, -0.15) is 0 Å². The number of pyridine rings is 1. The Kier molecular flexibility index (Phi) is 2.28. The van der Waals surface area contributed by atoms with Crippen LogP contribution in [0.2, 0.25) is 5.02 Å². The van der Waals surface area contributed by atoms with Gasteiger partial charge in [-0.1, -0.05) is 11.6 Å². The Hall–Kier alpha value is -2.07. The third-order valence-corrected chi connectivity index (χ3v) is 3.17. The van der Waals surface area contributed by atoms with Crippen LogP contribution in [0.25, 0.3) is 0 Å². The second-order valence-corrected chi connectivity index (χ2v) is 4.27. The number of hydrogen-bond donors (Lipinski definition) is 0. The van der Waals surface area contributed by atoms with Crippen molar-refractivity contribution in [3.8, 4) is 0 Å². The number of halogens is 2. The largest absolute Gasteiger partial charge is 0.289 e. The topological polar surface area (TPSA) is 47.0 Å². The minimum atomic E-state index is -0.859. The van der Waals surface area contributed by atoms with Crippen LogP contribution in [0.4, 0.5) is 4.39 Å². The molecule has 5 heteroatoms. The number of nitrogens with zero attached hydrogens (tertiary/aromatic N) is 1. The minimum Gasteiger partial charge on any atom is -0.289 e. The second-order valence-electron chi connectivity index (χ2n) is 3.86. The maximum atomic E-state index is 13.9. The summed E-state index contributed by atoms with van der Waals surface area (Å²) >= 11 is 5.63. The third kappa shape index (κ3) is 1.32. The second kappa shape index (κ2) is 3.71. The highest BCUT2D eigenvalue weighted by atomic mass is 35.5. The first-order chi connectivity index (χ1) is 8.61. The first-order valence-corrected chi connectivity index (χ1v) is 5.50. The van der Waals surface area contributed by atoms with Gasteiger partial charge in [-0.05, 0) is 18.2 Å². The number of ketones is 2. The van der Waals surface area contributed by atoms with Crippen LogP contribution < -0.4 is 0 Å². The molecule has 1 aromatic heterocycles. The van der Waals surface area contributed by atoms with E-state index in [1.807, 2.05) is 0 Å². The summed E-state index contributed by atoms with van der Waals surface area (Å²) in [7, 11) is 0. The molecule has 0 radical (unpaired) electrons. The van der Waals surface area contributed by atoms with E-state index in [4.69, 9.17) is 11.6 Å². The molecule has 18 heavy (non-hydrogen) atoms. The van der Waals surface area contributed by atoms with Gasteiger partial charge in [0.25, 0.3) is 0 Å². The zero-order valence-corrected chi connectivity index (χ0v) is 9.66. The van der Waals surface area contributed by atoms with E-state index >= 15 is 0 Å². The summed E-state index contributed by atoms with van der Waals surface area (Å²) < 4.78 is 13.9. The van der Waals surface area contributed by atoms with Crippen molar-refractivity contribution in [2.75, 3.05) is 0 Å². The highest BCUT2D eigenvalue weighted by molar-refractivity contribution is 6.33. The molecule has 3 rings (SSSR count). The van der Waals surface area contributed by atoms with E-state index in [-0.39, 0.29) is 27.3 Å². The summed E-state index contributed by atoms with van der Waals surface area (Å²) in [6.07, 6.45) is 2.68. The quantitative estimate of drug-likeness (QED) is 0.625. The lowest BCUT2D eigenvalue weighted by Crippen LogP contribution is -2.22. The smallest absolute Gasteiger partial charge is 0.199 e. The van der Waals surface area contributed by atoms with Gasteiger partial charge in [0.2, 0.25) is 0 Å². The van der Waals surface area contributed by atoms with Gasteiger partial charge in [-0.25, -0.2) is 4.39 Å². The summed E-state index contributed by atoms with van der Waals surface area (Å²) in [5, 5.41) is -0.178. The van der Waals surface area contributed by atoms with Crippen LogP contribution in [-0.2, 0) is 0 Å². The van der Waals surface area contributed by atoms with E-state index in [1.165, 1.54) is 30.6 Å². The molecule has 0 atom stereocenters. The Morgan fingerprint density at radius 3 is 2.56 bits per heavy atom. The molecule has 88 valence electrons. The molecular weight excluding hydrogens is 257 g/mol. The van der Waals surface area contributed by atoms with Crippen molar-refractivity contribution in [3.63, 3.8) is 0 Å². The number of benzene rings is 1. The van der Waals surface area contributed by atoms with E-state index in [2.05, 4.69) is 4.98 Å². The van der Waals surface area contributed by atoms with Crippen molar-refractivity contribution < 1.29 is 14.0 Å². The molecule has 0 fully saturated rings. The standard InChI is InChI=1S/C13H5ClFNO2/c14-9-2-1-7-10(11(9)15)13(18)8-5-16-4-3-6(8)12(7)17/h1-5H. The highest BCUT2D eigenvalue weighted by Gasteiger charge is 2.32. The Labute approximate surface area is 106 Å². The normalized spacial score (nSPS) is 13.2. The SMILES string of the molecule is O=C1c2ccncc2C(=O)c2c1ccc(Cl)c2F. The van der Waals surface area contributed by atoms with Crippen LogP contribution in [0.1, 0.15) is 31.8 Å². The highest BCUT2D eigenvalue weighted by Crippen LogP contribution is 2.31. The number of fused-ring (bicyclic) bond motifs is 2. The van der Waals surface area contributed by atoms with Gasteiger partial charge in [0.15, 0.2) is 17.4 Å². The number of rotatable bonds is 0. The summed E-state index contributed by atoms with van der Waals surface area (Å²) in [5.74, 6) is -1.81. The molecule has 3 nitrogen and oxygen atoms in total. The van der Waals surface area contributed by atoms with Crippen molar-refractivity contribution >= 4 is 23.2 Å². The van der Waals surface area contributed by atoms with E-state index in [9.17, 15) is 14.0 Å².